The van der Waals surface area contributed by atoms with Gasteiger partial charge in [0.25, 0.3) is 5.91 Å². The van der Waals surface area contributed by atoms with Crippen LogP contribution in [0.25, 0.3) is 6.08 Å². The molecule has 37 heavy (non-hydrogen) atoms. The second-order valence-corrected chi connectivity index (χ2v) is 8.36. The summed E-state index contributed by atoms with van der Waals surface area (Å²) in [5.74, 6) is -0.771. The smallest absolute Gasteiger partial charge is 0.343 e. The molecule has 0 unspecified atom stereocenters. The Labute approximate surface area is 218 Å². The lowest BCUT2D eigenvalue weighted by Crippen LogP contribution is -2.40. The van der Waals surface area contributed by atoms with Crippen LogP contribution in [0.5, 0.6) is 11.5 Å². The SMILES string of the molecule is CCCCCCCOc1ccc(C(=O)Oc2ccc(C=C(C#N)C(=O)N[C@@H](C)C(=O)OCC)cc2)cc1. The number of nitriles is 1. The van der Waals surface area contributed by atoms with E-state index in [0.717, 1.165) is 12.8 Å². The molecule has 0 aromatic heterocycles. The van der Waals surface area contributed by atoms with Gasteiger partial charge in [0.1, 0.15) is 29.2 Å². The number of esters is 2. The molecule has 0 bridgehead atoms. The lowest BCUT2D eigenvalue weighted by atomic mass is 10.1. The monoisotopic (exact) mass is 506 g/mol. The van der Waals surface area contributed by atoms with Crippen LogP contribution >= 0.6 is 0 Å². The van der Waals surface area contributed by atoms with Gasteiger partial charge in [0.2, 0.25) is 0 Å². The van der Waals surface area contributed by atoms with E-state index in [1.54, 1.807) is 55.5 Å². The topological polar surface area (TPSA) is 115 Å². The van der Waals surface area contributed by atoms with Gasteiger partial charge in [-0.1, -0.05) is 44.7 Å². The summed E-state index contributed by atoms with van der Waals surface area (Å²) in [6.45, 7) is 6.16. The molecule has 0 aliphatic carbocycles. The van der Waals surface area contributed by atoms with Gasteiger partial charge in [-0.2, -0.15) is 5.26 Å². The van der Waals surface area contributed by atoms with Crippen molar-refractivity contribution in [2.24, 2.45) is 0 Å². The Morgan fingerprint density at radius 2 is 1.59 bits per heavy atom. The van der Waals surface area contributed by atoms with E-state index in [1.807, 2.05) is 6.07 Å². The first-order valence-electron chi connectivity index (χ1n) is 12.5. The van der Waals surface area contributed by atoms with Gasteiger partial charge in [0.05, 0.1) is 18.8 Å². The number of amides is 1. The predicted molar refractivity (Wildman–Crippen MR) is 140 cm³/mol. The van der Waals surface area contributed by atoms with E-state index >= 15 is 0 Å². The highest BCUT2D eigenvalue weighted by Gasteiger charge is 2.19. The van der Waals surface area contributed by atoms with Gasteiger partial charge in [-0.05, 0) is 68.3 Å². The molecule has 0 spiro atoms. The third-order valence-electron chi connectivity index (χ3n) is 5.36. The first-order valence-corrected chi connectivity index (χ1v) is 12.5. The van der Waals surface area contributed by atoms with Crippen LogP contribution in [0.1, 0.15) is 68.8 Å². The molecule has 2 rings (SSSR count). The van der Waals surface area contributed by atoms with Crippen molar-refractivity contribution in [3.05, 3.63) is 65.2 Å². The molecule has 0 saturated heterocycles. The maximum Gasteiger partial charge on any atom is 0.343 e. The van der Waals surface area contributed by atoms with Crippen molar-refractivity contribution in [1.29, 1.82) is 5.26 Å². The van der Waals surface area contributed by atoms with E-state index in [2.05, 4.69) is 12.2 Å². The zero-order valence-corrected chi connectivity index (χ0v) is 21.6. The van der Waals surface area contributed by atoms with Gasteiger partial charge in [-0.3, -0.25) is 4.79 Å². The fourth-order valence-corrected chi connectivity index (χ4v) is 3.30. The Morgan fingerprint density at radius 1 is 0.946 bits per heavy atom. The summed E-state index contributed by atoms with van der Waals surface area (Å²) in [5.41, 5.74) is 0.758. The Kier molecular flexibility index (Phi) is 12.4. The highest BCUT2D eigenvalue weighted by atomic mass is 16.5. The number of hydrogen-bond acceptors (Lipinski definition) is 7. The Hall–Kier alpha value is -4.12. The van der Waals surface area contributed by atoms with Gasteiger partial charge in [0, 0.05) is 0 Å². The van der Waals surface area contributed by atoms with Crippen LogP contribution in [0, 0.1) is 11.3 Å². The second kappa shape index (κ2) is 15.8. The normalized spacial score (nSPS) is 11.7. The molecule has 0 radical (unpaired) electrons. The van der Waals surface area contributed by atoms with Crippen molar-refractivity contribution < 1.29 is 28.6 Å². The first-order chi connectivity index (χ1) is 17.9. The minimum atomic E-state index is -0.887. The molecule has 8 heteroatoms. The number of nitrogens with zero attached hydrogens (tertiary/aromatic N) is 1. The fourth-order valence-electron chi connectivity index (χ4n) is 3.30. The maximum atomic E-state index is 12.5. The van der Waals surface area contributed by atoms with E-state index in [-0.39, 0.29) is 12.2 Å². The number of carbonyl (C=O) groups is 3. The number of rotatable bonds is 14. The number of ether oxygens (including phenoxy) is 3. The molecule has 8 nitrogen and oxygen atoms in total. The van der Waals surface area contributed by atoms with Gasteiger partial charge >= 0.3 is 11.9 Å². The predicted octanol–water partition coefficient (Wildman–Crippen LogP) is 5.23. The zero-order valence-electron chi connectivity index (χ0n) is 21.6. The van der Waals surface area contributed by atoms with E-state index < -0.39 is 23.9 Å². The molecular formula is C29H34N2O6. The quantitative estimate of drug-likeness (QED) is 0.123. The number of hydrogen-bond donors (Lipinski definition) is 1. The molecule has 0 aliphatic heterocycles. The summed E-state index contributed by atoms with van der Waals surface area (Å²) in [5, 5.41) is 11.8. The molecule has 0 aliphatic rings. The highest BCUT2D eigenvalue weighted by molar-refractivity contribution is 6.03. The van der Waals surface area contributed by atoms with Crippen molar-refractivity contribution in [1.82, 2.24) is 5.32 Å². The van der Waals surface area contributed by atoms with Gasteiger partial charge < -0.3 is 19.5 Å². The minimum absolute atomic E-state index is 0.177. The molecule has 1 atom stereocenters. The molecule has 1 amide bonds. The van der Waals surface area contributed by atoms with Crippen molar-refractivity contribution in [3.8, 4) is 17.6 Å². The van der Waals surface area contributed by atoms with Crippen LogP contribution in [-0.2, 0) is 14.3 Å². The summed E-state index contributed by atoms with van der Waals surface area (Å²) < 4.78 is 16.0. The molecule has 2 aromatic rings. The molecule has 1 N–H and O–H groups in total. The van der Waals surface area contributed by atoms with E-state index in [9.17, 15) is 19.6 Å². The van der Waals surface area contributed by atoms with E-state index in [1.165, 1.54) is 32.3 Å². The van der Waals surface area contributed by atoms with E-state index in [4.69, 9.17) is 14.2 Å². The molecule has 0 fully saturated rings. The molecule has 2 aromatic carbocycles. The fraction of sp³-hybridized carbons (Fsp3) is 0.379. The van der Waals surface area contributed by atoms with Crippen LogP contribution in [0.15, 0.2) is 54.1 Å². The van der Waals surface area contributed by atoms with Crippen molar-refractivity contribution in [2.75, 3.05) is 13.2 Å². The maximum absolute atomic E-state index is 12.5. The van der Waals surface area contributed by atoms with Gasteiger partial charge in [-0.15, -0.1) is 0 Å². The lowest BCUT2D eigenvalue weighted by molar-refractivity contribution is -0.146. The Bertz CT molecular complexity index is 1100. The zero-order chi connectivity index (χ0) is 27.0. The van der Waals surface area contributed by atoms with Crippen LogP contribution in [0.4, 0.5) is 0 Å². The van der Waals surface area contributed by atoms with Crippen LogP contribution < -0.4 is 14.8 Å². The number of unbranched alkanes of at least 4 members (excludes halogenated alkanes) is 4. The van der Waals surface area contributed by atoms with E-state index in [0.29, 0.717) is 29.2 Å². The van der Waals surface area contributed by atoms with Crippen LogP contribution in [0.2, 0.25) is 0 Å². The van der Waals surface area contributed by atoms with Crippen LogP contribution in [-0.4, -0.2) is 37.1 Å². The number of nitrogens with one attached hydrogen (secondary N) is 1. The van der Waals surface area contributed by atoms with Crippen molar-refractivity contribution >= 4 is 23.9 Å². The summed E-state index contributed by atoms with van der Waals surface area (Å²) >= 11 is 0. The van der Waals surface area contributed by atoms with Gasteiger partial charge in [0.15, 0.2) is 0 Å². The number of benzene rings is 2. The summed E-state index contributed by atoms with van der Waals surface area (Å²) in [7, 11) is 0. The third-order valence-corrected chi connectivity index (χ3v) is 5.36. The molecule has 196 valence electrons. The number of carbonyl (C=O) groups excluding carboxylic acids is 3. The minimum Gasteiger partial charge on any atom is -0.494 e. The highest BCUT2D eigenvalue weighted by Crippen LogP contribution is 2.18. The van der Waals surface area contributed by atoms with Crippen LogP contribution in [0.3, 0.4) is 0 Å². The molecular weight excluding hydrogens is 472 g/mol. The third kappa shape index (κ3) is 10.2. The molecule has 0 saturated carbocycles. The Morgan fingerprint density at radius 3 is 2.22 bits per heavy atom. The first kappa shape index (κ1) is 29.1. The molecule has 0 heterocycles. The van der Waals surface area contributed by atoms with Crippen molar-refractivity contribution in [3.63, 3.8) is 0 Å². The summed E-state index contributed by atoms with van der Waals surface area (Å²) in [6, 6.07) is 14.1. The summed E-state index contributed by atoms with van der Waals surface area (Å²) in [4.78, 5) is 36.5. The van der Waals surface area contributed by atoms with Crippen molar-refractivity contribution in [2.45, 2.75) is 58.9 Å². The average molecular weight is 507 g/mol. The summed E-state index contributed by atoms with van der Waals surface area (Å²) in [6.07, 6.45) is 7.19. The lowest BCUT2D eigenvalue weighted by Gasteiger charge is -2.12. The average Bonchev–Trinajstić information content (AvgIpc) is 2.90. The largest absolute Gasteiger partial charge is 0.494 e. The Balaban J connectivity index is 1.90. The second-order valence-electron chi connectivity index (χ2n) is 8.36. The standard InChI is InChI=1S/C29H34N2O6/c1-4-6-7-8-9-18-36-25-16-12-23(13-17-25)29(34)37-26-14-10-22(11-15-26)19-24(20-30)27(32)31-21(3)28(33)35-5-2/h10-17,19,21H,4-9,18H2,1-3H3,(H,31,32)/t21-/m0/s1. The van der Waals surface area contributed by atoms with Gasteiger partial charge in [-0.25, -0.2) is 9.59 Å².